The highest BCUT2D eigenvalue weighted by Gasteiger charge is 2.31. The monoisotopic (exact) mass is 454 g/mol. The molecule has 1 aromatic carbocycles. The summed E-state index contributed by atoms with van der Waals surface area (Å²) in [4.78, 5) is 12.5. The van der Waals surface area contributed by atoms with E-state index in [1.807, 2.05) is 30.3 Å². The maximum atomic E-state index is 12.6. The first-order chi connectivity index (χ1) is 13.8. The van der Waals surface area contributed by atoms with Crippen LogP contribution in [0.3, 0.4) is 0 Å². The lowest BCUT2D eigenvalue weighted by Crippen LogP contribution is -2.41. The maximum Gasteiger partial charge on any atom is 0.229 e. The molecule has 1 saturated heterocycles. The maximum absolute atomic E-state index is 12.6. The molecule has 2 heterocycles. The van der Waals surface area contributed by atoms with Crippen LogP contribution in [0.5, 0.6) is 0 Å². The fourth-order valence-corrected chi connectivity index (χ4v) is 6.33. The van der Waals surface area contributed by atoms with Gasteiger partial charge in [0.2, 0.25) is 21.1 Å². The number of benzene rings is 1. The largest absolute Gasteiger partial charge is 0.300 e. The molecule has 0 aliphatic carbocycles. The number of nitrogens with one attached hydrogen (secondary N) is 1. The number of carbonyl (C=O) groups excluding carboxylic acids is 1. The summed E-state index contributed by atoms with van der Waals surface area (Å²) in [7, 11) is -3.38. The van der Waals surface area contributed by atoms with Gasteiger partial charge in [-0.15, -0.1) is 10.2 Å². The van der Waals surface area contributed by atoms with Crippen LogP contribution in [0.1, 0.15) is 32.3 Å². The quantitative estimate of drug-likeness (QED) is 0.485. The lowest BCUT2D eigenvalue weighted by Gasteiger charge is -2.30. The van der Waals surface area contributed by atoms with E-state index in [1.165, 1.54) is 15.6 Å². The lowest BCUT2D eigenvalue weighted by molar-refractivity contribution is -0.120. The SMILES string of the molecule is CC(C)CSc1nnc(NC(=O)C2CCN(S(=O)(=O)Cc3ccccc3)CC2)s1. The van der Waals surface area contributed by atoms with E-state index in [1.54, 1.807) is 11.8 Å². The van der Waals surface area contributed by atoms with Crippen molar-refractivity contribution < 1.29 is 13.2 Å². The molecular formula is C19H26N4O3S3. The summed E-state index contributed by atoms with van der Waals surface area (Å²) in [5, 5.41) is 11.5. The Morgan fingerprint density at radius 1 is 1.24 bits per heavy atom. The molecule has 29 heavy (non-hydrogen) atoms. The van der Waals surface area contributed by atoms with Gasteiger partial charge in [-0.05, 0) is 24.3 Å². The fourth-order valence-electron chi connectivity index (χ4n) is 3.04. The molecule has 3 rings (SSSR count). The van der Waals surface area contributed by atoms with E-state index < -0.39 is 10.0 Å². The van der Waals surface area contributed by atoms with E-state index in [4.69, 9.17) is 0 Å². The number of hydrogen-bond donors (Lipinski definition) is 1. The van der Waals surface area contributed by atoms with Crippen molar-refractivity contribution in [3.8, 4) is 0 Å². The van der Waals surface area contributed by atoms with Gasteiger partial charge in [-0.2, -0.15) is 0 Å². The third kappa shape index (κ3) is 6.50. The number of rotatable bonds is 8. The molecule has 1 fully saturated rings. The zero-order valence-electron chi connectivity index (χ0n) is 16.6. The fraction of sp³-hybridized carbons (Fsp3) is 0.526. The van der Waals surface area contributed by atoms with Crippen molar-refractivity contribution in [1.82, 2.24) is 14.5 Å². The van der Waals surface area contributed by atoms with Gasteiger partial charge in [-0.1, -0.05) is 67.3 Å². The standard InChI is InChI=1S/C19H26N4O3S3/c1-14(2)12-27-19-22-21-18(28-19)20-17(24)16-8-10-23(11-9-16)29(25,26)13-15-6-4-3-5-7-15/h3-7,14,16H,8-13H2,1-2H3,(H,20,21,24). The van der Waals surface area contributed by atoms with Crippen LogP contribution in [0.4, 0.5) is 5.13 Å². The molecule has 0 atom stereocenters. The van der Waals surface area contributed by atoms with Gasteiger partial charge in [0.1, 0.15) is 0 Å². The predicted molar refractivity (Wildman–Crippen MR) is 117 cm³/mol. The molecule has 1 N–H and O–H groups in total. The predicted octanol–water partition coefficient (Wildman–Crippen LogP) is 3.47. The van der Waals surface area contributed by atoms with Crippen LogP contribution in [0.25, 0.3) is 0 Å². The van der Waals surface area contributed by atoms with Crippen molar-refractivity contribution in [2.24, 2.45) is 11.8 Å². The molecule has 1 amide bonds. The van der Waals surface area contributed by atoms with E-state index in [0.717, 1.165) is 15.7 Å². The van der Waals surface area contributed by atoms with Crippen LogP contribution in [0, 0.1) is 11.8 Å². The Morgan fingerprint density at radius 3 is 2.59 bits per heavy atom. The van der Waals surface area contributed by atoms with Gasteiger partial charge in [-0.3, -0.25) is 4.79 Å². The van der Waals surface area contributed by atoms with E-state index in [9.17, 15) is 13.2 Å². The number of hydrogen-bond acceptors (Lipinski definition) is 7. The minimum Gasteiger partial charge on any atom is -0.300 e. The van der Waals surface area contributed by atoms with Crippen LogP contribution in [-0.2, 0) is 20.6 Å². The molecule has 0 bridgehead atoms. The average Bonchev–Trinajstić information content (AvgIpc) is 3.14. The van der Waals surface area contributed by atoms with Gasteiger partial charge in [0, 0.05) is 24.8 Å². The molecular weight excluding hydrogens is 428 g/mol. The van der Waals surface area contributed by atoms with Crippen molar-refractivity contribution in [3.05, 3.63) is 35.9 Å². The molecule has 0 unspecified atom stereocenters. The van der Waals surface area contributed by atoms with Gasteiger partial charge >= 0.3 is 0 Å². The van der Waals surface area contributed by atoms with Gasteiger partial charge < -0.3 is 5.32 Å². The first kappa shape index (κ1) is 22.2. The van der Waals surface area contributed by atoms with Crippen LogP contribution in [0.15, 0.2) is 34.7 Å². The minimum absolute atomic E-state index is 0.00763. The van der Waals surface area contributed by atoms with E-state index in [2.05, 4.69) is 29.4 Å². The number of thioether (sulfide) groups is 1. The summed E-state index contributed by atoms with van der Waals surface area (Å²) >= 11 is 3.01. The summed E-state index contributed by atoms with van der Waals surface area (Å²) in [6, 6.07) is 9.16. The van der Waals surface area contributed by atoms with Gasteiger partial charge in [0.05, 0.1) is 5.75 Å². The number of nitrogens with zero attached hydrogens (tertiary/aromatic N) is 3. The minimum atomic E-state index is -3.38. The first-order valence-electron chi connectivity index (χ1n) is 9.62. The van der Waals surface area contributed by atoms with Gasteiger partial charge in [-0.25, -0.2) is 12.7 Å². The summed E-state index contributed by atoms with van der Waals surface area (Å²) in [6.45, 7) is 5.00. The topological polar surface area (TPSA) is 92.3 Å². The van der Waals surface area contributed by atoms with Gasteiger partial charge in [0.25, 0.3) is 0 Å². The Kier molecular flexibility index (Phi) is 7.66. The van der Waals surface area contributed by atoms with Crippen LogP contribution >= 0.6 is 23.1 Å². The number of carbonyl (C=O) groups is 1. The third-order valence-corrected chi connectivity index (χ3v) is 8.84. The molecule has 0 spiro atoms. The van der Waals surface area contributed by atoms with E-state index in [0.29, 0.717) is 37.0 Å². The van der Waals surface area contributed by atoms with E-state index >= 15 is 0 Å². The van der Waals surface area contributed by atoms with Crippen molar-refractivity contribution in [2.45, 2.75) is 36.8 Å². The Bertz CT molecular complexity index is 908. The Hall–Kier alpha value is -1.49. The smallest absolute Gasteiger partial charge is 0.229 e. The molecule has 0 saturated carbocycles. The molecule has 1 aliphatic rings. The molecule has 10 heteroatoms. The highest BCUT2D eigenvalue weighted by Crippen LogP contribution is 2.28. The van der Waals surface area contributed by atoms with E-state index in [-0.39, 0.29) is 17.6 Å². The molecule has 0 radical (unpaired) electrons. The van der Waals surface area contributed by atoms with Crippen LogP contribution in [0.2, 0.25) is 0 Å². The number of amides is 1. The van der Waals surface area contributed by atoms with Crippen molar-refractivity contribution in [2.75, 3.05) is 24.2 Å². The molecule has 158 valence electrons. The Balaban J connectivity index is 1.49. The summed E-state index contributed by atoms with van der Waals surface area (Å²) in [6.07, 6.45) is 1.02. The molecule has 7 nitrogen and oxygen atoms in total. The molecule has 1 aromatic heterocycles. The summed E-state index contributed by atoms with van der Waals surface area (Å²) in [5.41, 5.74) is 0.773. The third-order valence-electron chi connectivity index (χ3n) is 4.59. The van der Waals surface area contributed by atoms with Gasteiger partial charge in [0.15, 0.2) is 4.34 Å². The average molecular weight is 455 g/mol. The molecule has 2 aromatic rings. The summed E-state index contributed by atoms with van der Waals surface area (Å²) in [5.74, 6) is 1.19. The first-order valence-corrected chi connectivity index (χ1v) is 13.0. The number of anilines is 1. The zero-order valence-corrected chi connectivity index (χ0v) is 19.0. The highest BCUT2D eigenvalue weighted by molar-refractivity contribution is 8.01. The second-order valence-electron chi connectivity index (χ2n) is 7.48. The summed E-state index contributed by atoms with van der Waals surface area (Å²) < 4.78 is 27.6. The second-order valence-corrected chi connectivity index (χ2v) is 11.7. The lowest BCUT2D eigenvalue weighted by atomic mass is 9.97. The Labute approximate surface area is 180 Å². The number of piperidine rings is 1. The zero-order chi connectivity index (χ0) is 20.9. The van der Waals surface area contributed by atoms with Crippen molar-refractivity contribution in [3.63, 3.8) is 0 Å². The van der Waals surface area contributed by atoms with Crippen LogP contribution < -0.4 is 5.32 Å². The Morgan fingerprint density at radius 2 is 1.93 bits per heavy atom. The van der Waals surface area contributed by atoms with Crippen molar-refractivity contribution in [1.29, 1.82) is 0 Å². The number of sulfonamides is 1. The number of aromatic nitrogens is 2. The normalized spacial score (nSPS) is 16.2. The van der Waals surface area contributed by atoms with Crippen molar-refractivity contribution >= 4 is 44.2 Å². The highest BCUT2D eigenvalue weighted by atomic mass is 32.2. The second kappa shape index (κ2) is 10.0. The van der Waals surface area contributed by atoms with Crippen LogP contribution in [-0.4, -0.2) is 47.7 Å². The molecule has 1 aliphatic heterocycles.